The van der Waals surface area contributed by atoms with Crippen LogP contribution >= 0.6 is 11.6 Å². The molecule has 0 bridgehead atoms. The third kappa shape index (κ3) is 2.42. The summed E-state index contributed by atoms with van der Waals surface area (Å²) in [7, 11) is 1.69. The Morgan fingerprint density at radius 2 is 2.31 bits per heavy atom. The van der Waals surface area contributed by atoms with E-state index in [0.717, 1.165) is 36.1 Å². The predicted molar refractivity (Wildman–Crippen MR) is 67.7 cm³/mol. The summed E-state index contributed by atoms with van der Waals surface area (Å²) in [6.07, 6.45) is 0. The minimum Gasteiger partial charge on any atom is -0.495 e. The standard InChI is InChI=1S/C12H17ClN2O/c1-9-8-15(6-5-14-9)11-7-10(13)3-4-12(11)16-2/h3-4,7,9,14H,5-6,8H2,1-2H3. The van der Waals surface area contributed by atoms with E-state index in [1.807, 2.05) is 18.2 Å². The van der Waals surface area contributed by atoms with Crippen LogP contribution in [0.1, 0.15) is 6.92 Å². The molecule has 88 valence electrons. The van der Waals surface area contributed by atoms with Crippen molar-refractivity contribution < 1.29 is 4.74 Å². The van der Waals surface area contributed by atoms with Gasteiger partial charge in [-0.3, -0.25) is 0 Å². The Kier molecular flexibility index (Phi) is 3.56. The second-order valence-electron chi connectivity index (χ2n) is 4.12. The van der Waals surface area contributed by atoms with Gasteiger partial charge in [-0.05, 0) is 25.1 Å². The molecule has 0 spiro atoms. The highest BCUT2D eigenvalue weighted by atomic mass is 35.5. The van der Waals surface area contributed by atoms with E-state index in [2.05, 4.69) is 17.1 Å². The SMILES string of the molecule is COc1ccc(Cl)cc1N1CCNC(C)C1. The molecule has 1 N–H and O–H groups in total. The number of rotatable bonds is 2. The fourth-order valence-corrected chi connectivity index (χ4v) is 2.23. The van der Waals surface area contributed by atoms with Gasteiger partial charge in [0, 0.05) is 30.7 Å². The summed E-state index contributed by atoms with van der Waals surface area (Å²) in [4.78, 5) is 2.31. The smallest absolute Gasteiger partial charge is 0.142 e. The van der Waals surface area contributed by atoms with Crippen LogP contribution in [0.15, 0.2) is 18.2 Å². The molecule has 1 aromatic rings. The van der Waals surface area contributed by atoms with E-state index in [0.29, 0.717) is 6.04 Å². The fourth-order valence-electron chi connectivity index (χ4n) is 2.06. The van der Waals surface area contributed by atoms with Crippen molar-refractivity contribution in [1.82, 2.24) is 5.32 Å². The lowest BCUT2D eigenvalue weighted by atomic mass is 10.2. The van der Waals surface area contributed by atoms with Gasteiger partial charge in [-0.2, -0.15) is 0 Å². The third-order valence-electron chi connectivity index (χ3n) is 2.85. The number of nitrogens with zero attached hydrogens (tertiary/aromatic N) is 1. The van der Waals surface area contributed by atoms with Crippen molar-refractivity contribution in [3.05, 3.63) is 23.2 Å². The summed E-state index contributed by atoms with van der Waals surface area (Å²) < 4.78 is 5.37. The lowest BCUT2D eigenvalue weighted by molar-refractivity contribution is 0.410. The molecule has 1 aromatic carbocycles. The van der Waals surface area contributed by atoms with Gasteiger partial charge in [-0.1, -0.05) is 11.6 Å². The van der Waals surface area contributed by atoms with Crippen molar-refractivity contribution in [1.29, 1.82) is 0 Å². The number of benzene rings is 1. The third-order valence-corrected chi connectivity index (χ3v) is 3.09. The van der Waals surface area contributed by atoms with Gasteiger partial charge in [0.1, 0.15) is 5.75 Å². The summed E-state index contributed by atoms with van der Waals surface area (Å²) in [6.45, 7) is 5.15. The Morgan fingerprint density at radius 1 is 1.50 bits per heavy atom. The second-order valence-corrected chi connectivity index (χ2v) is 4.55. The van der Waals surface area contributed by atoms with Gasteiger partial charge in [0.25, 0.3) is 0 Å². The minimum atomic E-state index is 0.498. The van der Waals surface area contributed by atoms with Crippen LogP contribution in [0.2, 0.25) is 5.02 Å². The molecule has 16 heavy (non-hydrogen) atoms. The van der Waals surface area contributed by atoms with Crippen LogP contribution in [0.4, 0.5) is 5.69 Å². The zero-order valence-electron chi connectivity index (χ0n) is 9.66. The minimum absolute atomic E-state index is 0.498. The highest BCUT2D eigenvalue weighted by molar-refractivity contribution is 6.30. The van der Waals surface area contributed by atoms with Gasteiger partial charge >= 0.3 is 0 Å². The molecule has 1 fully saturated rings. The van der Waals surface area contributed by atoms with Crippen LogP contribution in [0.3, 0.4) is 0 Å². The van der Waals surface area contributed by atoms with Gasteiger partial charge in [-0.15, -0.1) is 0 Å². The van der Waals surface area contributed by atoms with E-state index < -0.39 is 0 Å². The molecule has 1 aliphatic heterocycles. The van der Waals surface area contributed by atoms with E-state index in [4.69, 9.17) is 16.3 Å². The van der Waals surface area contributed by atoms with Crippen LogP contribution in [-0.4, -0.2) is 32.8 Å². The molecule has 0 radical (unpaired) electrons. The maximum Gasteiger partial charge on any atom is 0.142 e. The molecule has 2 rings (SSSR count). The number of hydrogen-bond donors (Lipinski definition) is 1. The summed E-state index contributed by atoms with van der Waals surface area (Å²) in [5, 5.41) is 4.17. The zero-order valence-corrected chi connectivity index (χ0v) is 10.4. The first-order valence-corrected chi connectivity index (χ1v) is 5.90. The highest BCUT2D eigenvalue weighted by Crippen LogP contribution is 2.31. The lowest BCUT2D eigenvalue weighted by Crippen LogP contribution is -2.49. The normalized spacial score (nSPS) is 20.9. The van der Waals surface area contributed by atoms with Crippen molar-refractivity contribution >= 4 is 17.3 Å². The Bertz CT molecular complexity index is 370. The van der Waals surface area contributed by atoms with Crippen molar-refractivity contribution in [2.45, 2.75) is 13.0 Å². The molecular weight excluding hydrogens is 224 g/mol. The van der Waals surface area contributed by atoms with E-state index >= 15 is 0 Å². The van der Waals surface area contributed by atoms with E-state index in [-0.39, 0.29) is 0 Å². The quantitative estimate of drug-likeness (QED) is 0.857. The Balaban J connectivity index is 2.26. The number of hydrogen-bond acceptors (Lipinski definition) is 3. The maximum absolute atomic E-state index is 6.03. The summed E-state index contributed by atoms with van der Waals surface area (Å²) in [5.41, 5.74) is 1.09. The fraction of sp³-hybridized carbons (Fsp3) is 0.500. The summed E-state index contributed by atoms with van der Waals surface area (Å²) in [5.74, 6) is 0.888. The molecule has 0 aliphatic carbocycles. The average Bonchev–Trinajstić information content (AvgIpc) is 2.29. The van der Waals surface area contributed by atoms with Crippen molar-refractivity contribution in [2.24, 2.45) is 0 Å². The topological polar surface area (TPSA) is 24.5 Å². The Morgan fingerprint density at radius 3 is 3.00 bits per heavy atom. The van der Waals surface area contributed by atoms with Crippen LogP contribution in [0, 0.1) is 0 Å². The van der Waals surface area contributed by atoms with Crippen LogP contribution in [0.25, 0.3) is 0 Å². The lowest BCUT2D eigenvalue weighted by Gasteiger charge is -2.34. The van der Waals surface area contributed by atoms with Gasteiger partial charge in [0.05, 0.1) is 12.8 Å². The van der Waals surface area contributed by atoms with Gasteiger partial charge < -0.3 is 15.0 Å². The molecule has 1 unspecified atom stereocenters. The largest absolute Gasteiger partial charge is 0.495 e. The molecule has 0 aromatic heterocycles. The number of piperazine rings is 1. The van der Waals surface area contributed by atoms with Crippen LogP contribution in [-0.2, 0) is 0 Å². The van der Waals surface area contributed by atoms with E-state index in [1.165, 1.54) is 0 Å². The first-order valence-electron chi connectivity index (χ1n) is 5.52. The molecule has 1 saturated heterocycles. The molecule has 3 nitrogen and oxygen atoms in total. The van der Waals surface area contributed by atoms with Gasteiger partial charge in [0.15, 0.2) is 0 Å². The summed E-state index contributed by atoms with van der Waals surface area (Å²) >= 11 is 6.03. The number of nitrogens with one attached hydrogen (secondary N) is 1. The Labute approximate surface area is 101 Å². The van der Waals surface area contributed by atoms with E-state index in [9.17, 15) is 0 Å². The van der Waals surface area contributed by atoms with E-state index in [1.54, 1.807) is 7.11 Å². The van der Waals surface area contributed by atoms with Gasteiger partial charge in [0.2, 0.25) is 0 Å². The molecular formula is C12H17ClN2O. The predicted octanol–water partition coefficient (Wildman–Crippen LogP) is 2.15. The summed E-state index contributed by atoms with van der Waals surface area (Å²) in [6, 6.07) is 6.25. The number of anilines is 1. The number of methoxy groups -OCH3 is 1. The monoisotopic (exact) mass is 240 g/mol. The van der Waals surface area contributed by atoms with Crippen molar-refractivity contribution in [3.8, 4) is 5.75 Å². The first kappa shape index (κ1) is 11.6. The number of ether oxygens (including phenoxy) is 1. The number of halogens is 1. The Hall–Kier alpha value is -0.930. The molecule has 0 amide bonds. The van der Waals surface area contributed by atoms with Gasteiger partial charge in [-0.25, -0.2) is 0 Å². The van der Waals surface area contributed by atoms with Crippen molar-refractivity contribution in [2.75, 3.05) is 31.6 Å². The molecule has 4 heteroatoms. The maximum atomic E-state index is 6.03. The first-order chi connectivity index (χ1) is 7.70. The molecule has 1 aliphatic rings. The molecule has 0 saturated carbocycles. The molecule has 1 heterocycles. The highest BCUT2D eigenvalue weighted by Gasteiger charge is 2.18. The average molecular weight is 241 g/mol. The van der Waals surface area contributed by atoms with Crippen LogP contribution in [0.5, 0.6) is 5.75 Å². The molecule has 1 atom stereocenters. The van der Waals surface area contributed by atoms with Crippen LogP contribution < -0.4 is 15.0 Å². The van der Waals surface area contributed by atoms with Crippen molar-refractivity contribution in [3.63, 3.8) is 0 Å². The second kappa shape index (κ2) is 4.93. The zero-order chi connectivity index (χ0) is 11.5.